The number of nitrogens with one attached hydrogen (secondary N) is 1. The Morgan fingerprint density at radius 3 is 3.12 bits per heavy atom. The zero-order valence-corrected chi connectivity index (χ0v) is 11.4. The number of carbonyl (C=O) groups is 1. The van der Waals surface area contributed by atoms with Crippen molar-refractivity contribution in [1.29, 1.82) is 0 Å². The van der Waals surface area contributed by atoms with Crippen LogP contribution < -0.4 is 5.32 Å². The molecule has 0 aliphatic carbocycles. The minimum absolute atomic E-state index is 0.0263. The fourth-order valence-electron chi connectivity index (χ4n) is 1.76. The van der Waals surface area contributed by atoms with Gasteiger partial charge in [-0.15, -0.1) is 11.3 Å². The van der Waals surface area contributed by atoms with Crippen LogP contribution in [0.2, 0.25) is 0 Å². The summed E-state index contributed by atoms with van der Waals surface area (Å²) in [6, 6.07) is 2.03. The number of rotatable bonds is 3. The fourth-order valence-corrected chi connectivity index (χ4v) is 3.16. The lowest BCUT2D eigenvalue weighted by atomic mass is 10.1. The summed E-state index contributed by atoms with van der Waals surface area (Å²) in [5.74, 6) is 0.132. The Hall–Kier alpha value is -0.390. The van der Waals surface area contributed by atoms with Crippen molar-refractivity contribution >= 4 is 33.2 Å². The third kappa shape index (κ3) is 3.06. The van der Waals surface area contributed by atoms with Gasteiger partial charge in [0.25, 0.3) is 0 Å². The maximum atomic E-state index is 11.8. The fraction of sp³-hybridized carbons (Fsp3) is 0.545. The summed E-state index contributed by atoms with van der Waals surface area (Å²) < 4.78 is 6.45. The zero-order chi connectivity index (χ0) is 11.5. The molecule has 1 N–H and O–H groups in total. The maximum Gasteiger partial charge on any atom is 0.225 e. The number of halogens is 1. The van der Waals surface area contributed by atoms with Crippen LogP contribution in [-0.4, -0.2) is 18.6 Å². The standard InChI is InChI=1S/C11H14BrNO2S/c1-7-2-8(5-15-7)11(14)13-4-10-3-9(12)6-16-10/h3,6-8H,2,4-5H2,1H3,(H,13,14). The summed E-state index contributed by atoms with van der Waals surface area (Å²) in [7, 11) is 0. The molecular formula is C11H14BrNO2S. The number of amides is 1. The molecule has 1 aliphatic heterocycles. The van der Waals surface area contributed by atoms with E-state index in [-0.39, 0.29) is 17.9 Å². The molecule has 0 spiro atoms. The summed E-state index contributed by atoms with van der Waals surface area (Å²) in [5, 5.41) is 4.96. The number of hydrogen-bond acceptors (Lipinski definition) is 3. The molecule has 1 aromatic rings. The molecular weight excluding hydrogens is 290 g/mol. The van der Waals surface area contributed by atoms with E-state index in [0.717, 1.165) is 15.8 Å². The van der Waals surface area contributed by atoms with Crippen LogP contribution in [0.4, 0.5) is 0 Å². The van der Waals surface area contributed by atoms with E-state index in [4.69, 9.17) is 4.74 Å². The molecule has 2 heterocycles. The minimum Gasteiger partial charge on any atom is -0.378 e. The predicted octanol–water partition coefficient (Wildman–Crippen LogP) is 2.55. The summed E-state index contributed by atoms with van der Waals surface area (Å²) in [5.41, 5.74) is 0. The van der Waals surface area contributed by atoms with Gasteiger partial charge in [-0.1, -0.05) is 0 Å². The largest absolute Gasteiger partial charge is 0.378 e. The molecule has 1 amide bonds. The highest BCUT2D eigenvalue weighted by atomic mass is 79.9. The highest BCUT2D eigenvalue weighted by molar-refractivity contribution is 9.10. The zero-order valence-electron chi connectivity index (χ0n) is 9.03. The van der Waals surface area contributed by atoms with Crippen LogP contribution in [0.1, 0.15) is 18.2 Å². The van der Waals surface area contributed by atoms with E-state index in [1.165, 1.54) is 0 Å². The summed E-state index contributed by atoms with van der Waals surface area (Å²) >= 11 is 5.03. The molecule has 1 saturated heterocycles. The van der Waals surface area contributed by atoms with Gasteiger partial charge in [0.2, 0.25) is 5.91 Å². The maximum absolute atomic E-state index is 11.8. The molecule has 2 atom stereocenters. The quantitative estimate of drug-likeness (QED) is 0.932. The van der Waals surface area contributed by atoms with Gasteiger partial charge < -0.3 is 10.1 Å². The molecule has 2 unspecified atom stereocenters. The van der Waals surface area contributed by atoms with Crippen molar-refractivity contribution in [2.24, 2.45) is 5.92 Å². The molecule has 3 nitrogen and oxygen atoms in total. The van der Waals surface area contributed by atoms with Crippen LogP contribution >= 0.6 is 27.3 Å². The van der Waals surface area contributed by atoms with Crippen molar-refractivity contribution in [3.05, 3.63) is 20.8 Å². The highest BCUT2D eigenvalue weighted by Gasteiger charge is 2.27. The van der Waals surface area contributed by atoms with Crippen LogP contribution in [0, 0.1) is 5.92 Å². The molecule has 88 valence electrons. The van der Waals surface area contributed by atoms with E-state index < -0.39 is 0 Å². The number of hydrogen-bond donors (Lipinski definition) is 1. The molecule has 2 rings (SSSR count). The average Bonchev–Trinajstić information content (AvgIpc) is 2.84. The lowest BCUT2D eigenvalue weighted by Crippen LogP contribution is -2.30. The lowest BCUT2D eigenvalue weighted by Gasteiger charge is -2.08. The summed E-state index contributed by atoms with van der Waals surface area (Å²) in [6.07, 6.45) is 1.05. The van der Waals surface area contributed by atoms with Gasteiger partial charge in [0.05, 0.1) is 25.2 Å². The van der Waals surface area contributed by atoms with E-state index in [1.807, 2.05) is 18.4 Å². The van der Waals surface area contributed by atoms with Crippen molar-refractivity contribution in [2.75, 3.05) is 6.61 Å². The molecule has 5 heteroatoms. The summed E-state index contributed by atoms with van der Waals surface area (Å²) in [4.78, 5) is 12.9. The van der Waals surface area contributed by atoms with Crippen LogP contribution in [0.15, 0.2) is 15.9 Å². The van der Waals surface area contributed by atoms with E-state index in [9.17, 15) is 4.79 Å². The molecule has 16 heavy (non-hydrogen) atoms. The molecule has 0 bridgehead atoms. The Morgan fingerprint density at radius 1 is 1.75 bits per heavy atom. The third-order valence-electron chi connectivity index (χ3n) is 2.63. The topological polar surface area (TPSA) is 38.3 Å². The Morgan fingerprint density at radius 2 is 2.56 bits per heavy atom. The molecule has 0 saturated carbocycles. The lowest BCUT2D eigenvalue weighted by molar-refractivity contribution is -0.125. The van der Waals surface area contributed by atoms with Crippen LogP contribution in [0.3, 0.4) is 0 Å². The number of thiophene rings is 1. The van der Waals surface area contributed by atoms with Crippen molar-refractivity contribution < 1.29 is 9.53 Å². The van der Waals surface area contributed by atoms with Crippen LogP contribution in [-0.2, 0) is 16.1 Å². The van der Waals surface area contributed by atoms with Gasteiger partial charge in [-0.25, -0.2) is 0 Å². The van der Waals surface area contributed by atoms with Crippen molar-refractivity contribution in [3.63, 3.8) is 0 Å². The van der Waals surface area contributed by atoms with Crippen LogP contribution in [0.25, 0.3) is 0 Å². The highest BCUT2D eigenvalue weighted by Crippen LogP contribution is 2.21. The first-order chi connectivity index (χ1) is 7.65. The summed E-state index contributed by atoms with van der Waals surface area (Å²) in [6.45, 7) is 3.17. The van der Waals surface area contributed by atoms with E-state index in [2.05, 4.69) is 21.2 Å². The van der Waals surface area contributed by atoms with Gasteiger partial charge in [-0.2, -0.15) is 0 Å². The normalized spacial score (nSPS) is 24.6. The first-order valence-corrected chi connectivity index (χ1v) is 6.94. The van der Waals surface area contributed by atoms with Crippen molar-refractivity contribution in [3.8, 4) is 0 Å². The molecule has 0 aromatic carbocycles. The number of carbonyl (C=O) groups excluding carboxylic acids is 1. The van der Waals surface area contributed by atoms with Crippen molar-refractivity contribution in [2.45, 2.75) is 26.0 Å². The molecule has 0 radical (unpaired) electrons. The van der Waals surface area contributed by atoms with Crippen molar-refractivity contribution in [1.82, 2.24) is 5.32 Å². The second-order valence-electron chi connectivity index (χ2n) is 4.03. The average molecular weight is 304 g/mol. The second kappa shape index (κ2) is 5.29. The Balaban J connectivity index is 1.80. The van der Waals surface area contributed by atoms with E-state index in [0.29, 0.717) is 13.2 Å². The third-order valence-corrected chi connectivity index (χ3v) is 4.33. The monoisotopic (exact) mass is 303 g/mol. The first kappa shape index (κ1) is 12.1. The Labute approximate surface area is 107 Å². The second-order valence-corrected chi connectivity index (χ2v) is 5.94. The van der Waals surface area contributed by atoms with Gasteiger partial charge >= 0.3 is 0 Å². The van der Waals surface area contributed by atoms with Gasteiger partial charge in [0, 0.05) is 14.7 Å². The van der Waals surface area contributed by atoms with Gasteiger partial charge in [0.1, 0.15) is 0 Å². The smallest absolute Gasteiger partial charge is 0.225 e. The first-order valence-electron chi connectivity index (χ1n) is 5.27. The van der Waals surface area contributed by atoms with Gasteiger partial charge in [0.15, 0.2) is 0 Å². The SMILES string of the molecule is CC1CC(C(=O)NCc2cc(Br)cs2)CO1. The molecule has 1 aliphatic rings. The Kier molecular flexibility index (Phi) is 4.00. The van der Waals surface area contributed by atoms with Gasteiger partial charge in [-0.3, -0.25) is 4.79 Å². The Bertz CT molecular complexity index is 380. The number of ether oxygens (including phenoxy) is 1. The van der Waals surface area contributed by atoms with E-state index in [1.54, 1.807) is 11.3 Å². The van der Waals surface area contributed by atoms with Crippen LogP contribution in [0.5, 0.6) is 0 Å². The molecule has 1 fully saturated rings. The van der Waals surface area contributed by atoms with Gasteiger partial charge in [-0.05, 0) is 35.3 Å². The predicted molar refractivity (Wildman–Crippen MR) is 67.4 cm³/mol. The minimum atomic E-state index is 0.0263. The van der Waals surface area contributed by atoms with E-state index >= 15 is 0 Å². The molecule has 1 aromatic heterocycles.